The van der Waals surface area contributed by atoms with E-state index in [0.29, 0.717) is 0 Å². The average Bonchev–Trinajstić information content (AvgIpc) is 0. The van der Waals surface area contributed by atoms with Crippen LogP contribution in [0.5, 0.6) is 0 Å². The molecule has 0 aliphatic rings. The number of rotatable bonds is 0. The molecule has 0 spiro atoms. The molecular formula is H12ClMnO6+. The molecule has 0 aromatic rings. The second-order valence-corrected chi connectivity index (χ2v) is 0. The molecule has 0 atom stereocenters. The van der Waals surface area contributed by atoms with Crippen molar-refractivity contribution in [1.29, 1.82) is 0 Å². The van der Waals surface area contributed by atoms with Gasteiger partial charge in [-0.1, -0.05) is 0 Å². The molecule has 6 nitrogen and oxygen atoms in total. The van der Waals surface area contributed by atoms with Gasteiger partial charge in [-0.3, -0.25) is 0 Å². The minimum absolute atomic E-state index is 0. The van der Waals surface area contributed by atoms with Crippen molar-refractivity contribution in [2.75, 3.05) is 0 Å². The summed E-state index contributed by atoms with van der Waals surface area (Å²) in [4.78, 5) is 0. The van der Waals surface area contributed by atoms with Crippen molar-refractivity contribution >= 4 is 0 Å². The van der Waals surface area contributed by atoms with Crippen molar-refractivity contribution in [3.63, 3.8) is 0 Å². The van der Waals surface area contributed by atoms with Crippen LogP contribution in [0.1, 0.15) is 0 Å². The summed E-state index contributed by atoms with van der Waals surface area (Å²) in [7, 11) is 0. The van der Waals surface area contributed by atoms with E-state index in [1.807, 2.05) is 0 Å². The molecule has 0 unspecified atom stereocenters. The molecule has 0 amide bonds. The summed E-state index contributed by atoms with van der Waals surface area (Å²) in [5.74, 6) is 0. The summed E-state index contributed by atoms with van der Waals surface area (Å²) in [6.45, 7) is 0. The third-order valence-electron chi connectivity index (χ3n) is 0. The average molecular weight is 198 g/mol. The molecule has 0 aliphatic carbocycles. The molecule has 8 heavy (non-hydrogen) atoms. The van der Waals surface area contributed by atoms with Gasteiger partial charge in [0.2, 0.25) is 0 Å². The minimum Gasteiger partial charge on any atom is -1.00 e. The maximum absolute atomic E-state index is 0. The Balaban J connectivity index is 0. The van der Waals surface area contributed by atoms with Gasteiger partial charge in [0.1, 0.15) is 0 Å². The topological polar surface area (TPSA) is 189 Å². The van der Waals surface area contributed by atoms with Gasteiger partial charge in [0.15, 0.2) is 0 Å². The maximum Gasteiger partial charge on any atom is 2.00 e. The fourth-order valence-corrected chi connectivity index (χ4v) is 0. The van der Waals surface area contributed by atoms with Crippen molar-refractivity contribution in [1.82, 2.24) is 0 Å². The standard InChI is InChI=1S/ClH.Mn.6H2O/h1H;;6*1H2/q;+2;;;;;;/p-1. The van der Waals surface area contributed by atoms with E-state index in [-0.39, 0.29) is 62.3 Å². The van der Waals surface area contributed by atoms with Crippen LogP contribution in [-0.2, 0) is 17.1 Å². The monoisotopic (exact) mass is 198 g/mol. The van der Waals surface area contributed by atoms with Crippen molar-refractivity contribution < 1.29 is 62.3 Å². The SMILES string of the molecule is O.O.O.O.O.O.[Cl-].[Mn+2]. The number of halogens is 1. The zero-order chi connectivity index (χ0) is 0. The Hall–Kier alpha value is 0.569. The summed E-state index contributed by atoms with van der Waals surface area (Å²) in [6.07, 6.45) is 0. The quantitative estimate of drug-likeness (QED) is 0.334. The first-order valence-electron chi connectivity index (χ1n) is 0. The van der Waals surface area contributed by atoms with E-state index in [0.717, 1.165) is 0 Å². The third kappa shape index (κ3) is 628. The molecule has 8 heteroatoms. The Labute approximate surface area is 63.0 Å². The number of hydrogen-bond donors (Lipinski definition) is 0. The normalized spacial score (nSPS) is 0. The zero-order valence-electron chi connectivity index (χ0n) is 3.76. The molecule has 0 bridgehead atoms. The summed E-state index contributed by atoms with van der Waals surface area (Å²) in [6, 6.07) is 0. The number of hydrogen-bond acceptors (Lipinski definition) is 0. The Bertz CT molecular complexity index is 8.49. The van der Waals surface area contributed by atoms with Crippen LogP contribution in [0.25, 0.3) is 0 Å². The summed E-state index contributed by atoms with van der Waals surface area (Å²) < 4.78 is 0. The van der Waals surface area contributed by atoms with Gasteiger partial charge in [-0.2, -0.15) is 0 Å². The molecule has 12 N–H and O–H groups in total. The van der Waals surface area contributed by atoms with Crippen molar-refractivity contribution in [2.45, 2.75) is 0 Å². The van der Waals surface area contributed by atoms with E-state index in [2.05, 4.69) is 0 Å². The van der Waals surface area contributed by atoms with E-state index in [1.165, 1.54) is 0 Å². The first-order valence-corrected chi connectivity index (χ1v) is 0. The van der Waals surface area contributed by atoms with Gasteiger partial charge in [-0.25, -0.2) is 0 Å². The first kappa shape index (κ1) is 1510. The smallest absolute Gasteiger partial charge is 1.00 e. The Morgan fingerprint density at radius 3 is 0.375 bits per heavy atom. The molecule has 61 valence electrons. The molecule has 0 aromatic heterocycles. The van der Waals surface area contributed by atoms with E-state index >= 15 is 0 Å². The van der Waals surface area contributed by atoms with Crippen LogP contribution in [0.3, 0.4) is 0 Å². The summed E-state index contributed by atoms with van der Waals surface area (Å²) >= 11 is 0. The van der Waals surface area contributed by atoms with Crippen LogP contribution in [-0.4, -0.2) is 32.9 Å². The minimum atomic E-state index is 0. The van der Waals surface area contributed by atoms with Crippen molar-refractivity contribution in [2.24, 2.45) is 0 Å². The van der Waals surface area contributed by atoms with Crippen LogP contribution in [0.4, 0.5) is 0 Å². The summed E-state index contributed by atoms with van der Waals surface area (Å²) in [5.41, 5.74) is 0. The molecule has 0 aliphatic heterocycles. The second-order valence-electron chi connectivity index (χ2n) is 0. The molecule has 0 fully saturated rings. The van der Waals surface area contributed by atoms with E-state index in [1.54, 1.807) is 0 Å². The first-order chi connectivity index (χ1) is 0. The molecular weight excluding hydrogens is 186 g/mol. The zero-order valence-corrected chi connectivity index (χ0v) is 5.69. The van der Waals surface area contributed by atoms with Crippen molar-refractivity contribution in [3.8, 4) is 0 Å². The molecule has 0 heterocycles. The van der Waals surface area contributed by atoms with Gasteiger partial charge in [-0.05, 0) is 0 Å². The van der Waals surface area contributed by atoms with Crippen LogP contribution in [0.15, 0.2) is 0 Å². The van der Waals surface area contributed by atoms with E-state index in [9.17, 15) is 0 Å². The van der Waals surface area contributed by atoms with E-state index in [4.69, 9.17) is 0 Å². The molecule has 0 saturated carbocycles. The van der Waals surface area contributed by atoms with Gasteiger partial charge in [0.05, 0.1) is 0 Å². The Morgan fingerprint density at radius 2 is 0.375 bits per heavy atom. The van der Waals surface area contributed by atoms with Crippen molar-refractivity contribution in [3.05, 3.63) is 0 Å². The Morgan fingerprint density at radius 1 is 0.375 bits per heavy atom. The van der Waals surface area contributed by atoms with Crippen LogP contribution in [0.2, 0.25) is 0 Å². The third-order valence-corrected chi connectivity index (χ3v) is 0. The van der Waals surface area contributed by atoms with Crippen LogP contribution in [0, 0.1) is 0 Å². The van der Waals surface area contributed by atoms with Gasteiger partial charge < -0.3 is 45.3 Å². The Kier molecular flexibility index (Phi) is 191000. The molecule has 0 aromatic carbocycles. The van der Waals surface area contributed by atoms with Gasteiger partial charge >= 0.3 is 17.1 Å². The molecule has 0 saturated heterocycles. The molecule has 0 rings (SSSR count). The predicted molar refractivity (Wildman–Crippen MR) is 21.7 cm³/mol. The molecule has 1 radical (unpaired) electrons. The van der Waals surface area contributed by atoms with Crippen LogP contribution >= 0.6 is 0 Å². The van der Waals surface area contributed by atoms with Gasteiger partial charge in [0.25, 0.3) is 0 Å². The maximum atomic E-state index is 0. The summed E-state index contributed by atoms with van der Waals surface area (Å²) in [5, 5.41) is 0. The van der Waals surface area contributed by atoms with Gasteiger partial charge in [0, 0.05) is 0 Å². The largest absolute Gasteiger partial charge is 2.00 e. The fourth-order valence-electron chi connectivity index (χ4n) is 0. The van der Waals surface area contributed by atoms with E-state index < -0.39 is 0 Å². The van der Waals surface area contributed by atoms with Crippen LogP contribution < -0.4 is 12.4 Å². The predicted octanol–water partition coefficient (Wildman–Crippen LogP) is -7.95. The van der Waals surface area contributed by atoms with Gasteiger partial charge in [-0.15, -0.1) is 0 Å². The fraction of sp³-hybridized carbons (Fsp3) is 0. The second kappa shape index (κ2) is 1010.